The van der Waals surface area contributed by atoms with Crippen molar-refractivity contribution in [2.24, 2.45) is 0 Å². The lowest BCUT2D eigenvalue weighted by Gasteiger charge is -2.18. The largest absolute Gasteiger partial charge is 0.392 e. The minimum absolute atomic E-state index is 0.0839. The second-order valence-electron chi connectivity index (χ2n) is 3.45. The first kappa shape index (κ1) is 11.5. The Labute approximate surface area is 87.4 Å². The number of nitrogens with zero attached hydrogens (tertiary/aromatic N) is 1. The number of nitrogens with one attached hydrogen (secondary N) is 1. The number of hydrogen-bond donors (Lipinski definition) is 2. The number of aliphatic hydroxyl groups is 1. The molecule has 0 fully saturated rings. The number of rotatable bonds is 3. The summed E-state index contributed by atoms with van der Waals surface area (Å²) in [4.78, 5) is 26.7. The van der Waals surface area contributed by atoms with Gasteiger partial charge in [-0.25, -0.2) is 0 Å². The van der Waals surface area contributed by atoms with Crippen LogP contribution < -0.4 is 5.56 Å². The number of H-pyrrole nitrogens is 1. The Bertz CT molecular complexity index is 398. The number of aliphatic hydroxyl groups excluding tert-OH is 1. The molecule has 15 heavy (non-hydrogen) atoms. The van der Waals surface area contributed by atoms with E-state index in [0.29, 0.717) is 0 Å². The van der Waals surface area contributed by atoms with Crippen molar-refractivity contribution in [1.82, 2.24) is 9.88 Å². The highest BCUT2D eigenvalue weighted by Crippen LogP contribution is 1.97. The van der Waals surface area contributed by atoms with Crippen molar-refractivity contribution in [3.05, 3.63) is 34.2 Å². The second kappa shape index (κ2) is 4.75. The van der Waals surface area contributed by atoms with Crippen molar-refractivity contribution in [3.8, 4) is 0 Å². The highest BCUT2D eigenvalue weighted by molar-refractivity contribution is 5.93. The zero-order valence-corrected chi connectivity index (χ0v) is 8.73. The number of amides is 1. The predicted molar refractivity (Wildman–Crippen MR) is 55.7 cm³/mol. The molecule has 1 aromatic heterocycles. The summed E-state index contributed by atoms with van der Waals surface area (Å²) >= 11 is 0. The van der Waals surface area contributed by atoms with Gasteiger partial charge in [-0.15, -0.1) is 0 Å². The predicted octanol–water partition coefficient (Wildman–Crippen LogP) is -0.172. The van der Waals surface area contributed by atoms with E-state index in [1.54, 1.807) is 20.0 Å². The molecule has 0 radical (unpaired) electrons. The summed E-state index contributed by atoms with van der Waals surface area (Å²) in [6.07, 6.45) is 0.857. The molecule has 0 aliphatic rings. The van der Waals surface area contributed by atoms with Crippen LogP contribution in [0.4, 0.5) is 0 Å². The topological polar surface area (TPSA) is 73.4 Å². The molecule has 0 saturated heterocycles. The second-order valence-corrected chi connectivity index (χ2v) is 3.45. The van der Waals surface area contributed by atoms with Gasteiger partial charge in [-0.1, -0.05) is 0 Å². The average Bonchev–Trinajstić information content (AvgIpc) is 2.16. The molecule has 0 spiro atoms. The number of pyridine rings is 1. The normalized spacial score (nSPS) is 12.2. The molecule has 5 nitrogen and oxygen atoms in total. The van der Waals surface area contributed by atoms with E-state index in [0.717, 1.165) is 0 Å². The van der Waals surface area contributed by atoms with Crippen molar-refractivity contribution in [3.63, 3.8) is 0 Å². The van der Waals surface area contributed by atoms with E-state index < -0.39 is 17.6 Å². The Morgan fingerprint density at radius 1 is 1.67 bits per heavy atom. The first-order chi connectivity index (χ1) is 7.02. The lowest BCUT2D eigenvalue weighted by molar-refractivity contribution is 0.0702. The molecule has 1 amide bonds. The summed E-state index contributed by atoms with van der Waals surface area (Å²) in [5.41, 5.74) is -0.333. The van der Waals surface area contributed by atoms with Gasteiger partial charge in [0.05, 0.1) is 6.10 Å². The molecule has 1 atom stereocenters. The molecule has 1 aromatic rings. The molecule has 0 saturated carbocycles. The zero-order valence-electron chi connectivity index (χ0n) is 8.73. The fourth-order valence-corrected chi connectivity index (χ4v) is 1.27. The van der Waals surface area contributed by atoms with Crippen LogP contribution in [0.1, 0.15) is 17.3 Å². The summed E-state index contributed by atoms with van der Waals surface area (Å²) in [6.45, 7) is 1.78. The van der Waals surface area contributed by atoms with Gasteiger partial charge >= 0.3 is 0 Å². The summed E-state index contributed by atoms with van der Waals surface area (Å²) in [5.74, 6) is -0.391. The summed E-state index contributed by atoms with van der Waals surface area (Å²) < 4.78 is 0. The van der Waals surface area contributed by atoms with Crippen molar-refractivity contribution in [2.75, 3.05) is 13.6 Å². The molecule has 5 heteroatoms. The van der Waals surface area contributed by atoms with Crippen molar-refractivity contribution in [1.29, 1.82) is 0 Å². The molecule has 1 rings (SSSR count). The smallest absolute Gasteiger partial charge is 0.260 e. The van der Waals surface area contributed by atoms with Crippen LogP contribution in [0.25, 0.3) is 0 Å². The summed E-state index contributed by atoms with van der Waals surface area (Å²) in [7, 11) is 1.54. The van der Waals surface area contributed by atoms with E-state index in [1.165, 1.54) is 17.2 Å². The Hall–Kier alpha value is -1.62. The maximum absolute atomic E-state index is 11.7. The minimum atomic E-state index is -0.609. The third kappa shape index (κ3) is 2.92. The van der Waals surface area contributed by atoms with Crippen molar-refractivity contribution in [2.45, 2.75) is 13.0 Å². The van der Waals surface area contributed by atoms with Gasteiger partial charge in [-0.2, -0.15) is 0 Å². The van der Waals surface area contributed by atoms with E-state index >= 15 is 0 Å². The first-order valence-electron chi connectivity index (χ1n) is 4.63. The Kier molecular flexibility index (Phi) is 3.62. The van der Waals surface area contributed by atoms with Gasteiger partial charge in [0.2, 0.25) is 0 Å². The molecular weight excluding hydrogens is 196 g/mol. The fourth-order valence-electron chi connectivity index (χ4n) is 1.27. The van der Waals surface area contributed by atoms with Crippen LogP contribution in [0.15, 0.2) is 23.1 Å². The highest BCUT2D eigenvalue weighted by Gasteiger charge is 2.15. The van der Waals surface area contributed by atoms with Crippen LogP contribution in [0.5, 0.6) is 0 Å². The zero-order chi connectivity index (χ0) is 11.4. The molecule has 1 unspecified atom stereocenters. The molecule has 0 aliphatic carbocycles. The number of carbonyl (C=O) groups excluding carboxylic acids is 1. The summed E-state index contributed by atoms with van der Waals surface area (Å²) in [6, 6.07) is 3.05. The number of aromatic nitrogens is 1. The lowest BCUT2D eigenvalue weighted by atomic mass is 10.2. The minimum Gasteiger partial charge on any atom is -0.392 e. The highest BCUT2D eigenvalue weighted by atomic mass is 16.3. The quantitative estimate of drug-likeness (QED) is 0.727. The maximum Gasteiger partial charge on any atom is 0.260 e. The van der Waals surface area contributed by atoms with Gasteiger partial charge < -0.3 is 15.0 Å². The number of aromatic amines is 1. The van der Waals surface area contributed by atoms with E-state index in [4.69, 9.17) is 5.11 Å². The fraction of sp³-hybridized carbons (Fsp3) is 0.400. The summed E-state index contributed by atoms with van der Waals surface area (Å²) in [5, 5.41) is 9.11. The molecule has 82 valence electrons. The van der Waals surface area contributed by atoms with Crippen LogP contribution >= 0.6 is 0 Å². The van der Waals surface area contributed by atoms with Gasteiger partial charge in [0.25, 0.3) is 11.5 Å². The van der Waals surface area contributed by atoms with Crippen molar-refractivity contribution >= 4 is 5.91 Å². The molecule has 0 aliphatic heterocycles. The van der Waals surface area contributed by atoms with E-state index in [-0.39, 0.29) is 12.1 Å². The van der Waals surface area contributed by atoms with Gasteiger partial charge in [0.15, 0.2) is 0 Å². The molecule has 2 N–H and O–H groups in total. The van der Waals surface area contributed by atoms with Crippen LogP contribution in [0.2, 0.25) is 0 Å². The SMILES string of the molecule is CC(O)CN(C)C(=O)c1ccc[nH]c1=O. The standard InChI is InChI=1S/C10H14N2O3/c1-7(13)6-12(2)10(15)8-4-3-5-11-9(8)14/h3-5,7,13H,6H2,1-2H3,(H,11,14). The average molecular weight is 210 g/mol. The number of hydrogen-bond acceptors (Lipinski definition) is 3. The van der Waals surface area contributed by atoms with E-state index in [1.807, 2.05) is 0 Å². The van der Waals surface area contributed by atoms with Crippen LogP contribution in [-0.2, 0) is 0 Å². The van der Waals surface area contributed by atoms with E-state index in [9.17, 15) is 9.59 Å². The van der Waals surface area contributed by atoms with Gasteiger partial charge in [-0.3, -0.25) is 9.59 Å². The molecule has 1 heterocycles. The third-order valence-corrected chi connectivity index (χ3v) is 1.93. The third-order valence-electron chi connectivity index (χ3n) is 1.93. The van der Waals surface area contributed by atoms with Gasteiger partial charge in [0.1, 0.15) is 5.56 Å². The molecular formula is C10H14N2O3. The Morgan fingerprint density at radius 3 is 2.87 bits per heavy atom. The van der Waals surface area contributed by atoms with E-state index in [2.05, 4.69) is 4.98 Å². The molecule has 0 bridgehead atoms. The maximum atomic E-state index is 11.7. The van der Waals surface area contributed by atoms with Gasteiger partial charge in [0, 0.05) is 19.8 Å². The molecule has 0 aromatic carbocycles. The number of carbonyl (C=O) groups is 1. The number of likely N-dealkylation sites (N-methyl/N-ethyl adjacent to an activating group) is 1. The monoisotopic (exact) mass is 210 g/mol. The Morgan fingerprint density at radius 2 is 2.33 bits per heavy atom. The van der Waals surface area contributed by atoms with Crippen LogP contribution in [-0.4, -0.2) is 40.6 Å². The lowest BCUT2D eigenvalue weighted by Crippen LogP contribution is -2.35. The van der Waals surface area contributed by atoms with Gasteiger partial charge in [-0.05, 0) is 19.1 Å². The van der Waals surface area contributed by atoms with Crippen molar-refractivity contribution < 1.29 is 9.90 Å². The first-order valence-corrected chi connectivity index (χ1v) is 4.63. The Balaban J connectivity index is 2.86. The van der Waals surface area contributed by atoms with Crippen LogP contribution in [0.3, 0.4) is 0 Å². The van der Waals surface area contributed by atoms with Crippen LogP contribution in [0, 0.1) is 0 Å².